The van der Waals surface area contributed by atoms with Gasteiger partial charge in [-0.05, 0) is 31.0 Å². The van der Waals surface area contributed by atoms with Crippen molar-refractivity contribution < 1.29 is 0 Å². The van der Waals surface area contributed by atoms with Gasteiger partial charge in [-0.2, -0.15) is 0 Å². The molecule has 0 aliphatic carbocycles. The standard InChI is InChI=1S/C15H25N3/c1-3-18-10-8-14(9-11-18)17(2)15-7-5-4-6-13(15)12-16/h4-7,14H,3,8-12,16H2,1-2H3. The zero-order chi connectivity index (χ0) is 13.0. The number of piperidine rings is 1. The van der Waals surface area contributed by atoms with Crippen LogP contribution in [0, 0.1) is 0 Å². The molecular weight excluding hydrogens is 222 g/mol. The van der Waals surface area contributed by atoms with E-state index in [9.17, 15) is 0 Å². The van der Waals surface area contributed by atoms with E-state index < -0.39 is 0 Å². The van der Waals surface area contributed by atoms with Crippen LogP contribution in [0.1, 0.15) is 25.3 Å². The van der Waals surface area contributed by atoms with Gasteiger partial charge in [0.1, 0.15) is 0 Å². The van der Waals surface area contributed by atoms with Crippen LogP contribution in [0.5, 0.6) is 0 Å². The Morgan fingerprint density at radius 3 is 2.56 bits per heavy atom. The quantitative estimate of drug-likeness (QED) is 0.884. The zero-order valence-corrected chi connectivity index (χ0v) is 11.6. The molecule has 0 atom stereocenters. The predicted molar refractivity (Wildman–Crippen MR) is 77.9 cm³/mol. The average Bonchev–Trinajstić information content (AvgIpc) is 2.46. The van der Waals surface area contributed by atoms with Gasteiger partial charge in [0.25, 0.3) is 0 Å². The van der Waals surface area contributed by atoms with Crippen molar-refractivity contribution in [1.29, 1.82) is 0 Å². The molecule has 0 amide bonds. The second-order valence-electron chi connectivity index (χ2n) is 5.11. The van der Waals surface area contributed by atoms with Crippen molar-refractivity contribution >= 4 is 5.69 Å². The molecule has 2 N–H and O–H groups in total. The first-order valence-electron chi connectivity index (χ1n) is 6.99. The Morgan fingerprint density at radius 1 is 1.28 bits per heavy atom. The van der Waals surface area contributed by atoms with Gasteiger partial charge in [-0.25, -0.2) is 0 Å². The van der Waals surface area contributed by atoms with Crippen molar-refractivity contribution in [2.24, 2.45) is 5.73 Å². The lowest BCUT2D eigenvalue weighted by atomic mass is 10.0. The molecule has 0 aromatic heterocycles. The lowest BCUT2D eigenvalue weighted by Crippen LogP contribution is -2.43. The predicted octanol–water partition coefficient (Wildman–Crippen LogP) is 2.07. The van der Waals surface area contributed by atoms with Crippen LogP contribution in [-0.2, 0) is 6.54 Å². The van der Waals surface area contributed by atoms with E-state index in [2.05, 4.69) is 48.0 Å². The molecule has 3 heteroatoms. The summed E-state index contributed by atoms with van der Waals surface area (Å²) in [5, 5.41) is 0. The van der Waals surface area contributed by atoms with Crippen LogP contribution in [0.15, 0.2) is 24.3 Å². The van der Waals surface area contributed by atoms with Gasteiger partial charge in [-0.1, -0.05) is 25.1 Å². The Morgan fingerprint density at radius 2 is 1.94 bits per heavy atom. The molecule has 1 aromatic rings. The topological polar surface area (TPSA) is 32.5 Å². The summed E-state index contributed by atoms with van der Waals surface area (Å²) in [6.07, 6.45) is 2.51. The van der Waals surface area contributed by atoms with Crippen LogP contribution in [0.25, 0.3) is 0 Å². The first-order chi connectivity index (χ1) is 8.76. The lowest BCUT2D eigenvalue weighted by Gasteiger charge is -2.38. The Balaban J connectivity index is 2.05. The first-order valence-corrected chi connectivity index (χ1v) is 6.99. The molecule has 1 aliphatic heterocycles. The van der Waals surface area contributed by atoms with Gasteiger partial charge >= 0.3 is 0 Å². The summed E-state index contributed by atoms with van der Waals surface area (Å²) in [6.45, 7) is 6.48. The van der Waals surface area contributed by atoms with E-state index in [1.807, 2.05) is 0 Å². The van der Waals surface area contributed by atoms with Crippen molar-refractivity contribution in [2.75, 3.05) is 31.6 Å². The summed E-state index contributed by atoms with van der Waals surface area (Å²) in [5.74, 6) is 0. The number of hydrogen-bond donors (Lipinski definition) is 1. The maximum absolute atomic E-state index is 5.83. The van der Waals surface area contributed by atoms with Crippen molar-refractivity contribution in [3.63, 3.8) is 0 Å². The van der Waals surface area contributed by atoms with E-state index in [1.54, 1.807) is 0 Å². The highest BCUT2D eigenvalue weighted by Gasteiger charge is 2.22. The maximum Gasteiger partial charge on any atom is 0.0411 e. The fourth-order valence-electron chi connectivity index (χ4n) is 2.85. The first kappa shape index (κ1) is 13.4. The number of nitrogens with two attached hydrogens (primary N) is 1. The Hall–Kier alpha value is -1.06. The molecule has 0 radical (unpaired) electrons. The second kappa shape index (κ2) is 6.21. The van der Waals surface area contributed by atoms with Gasteiger partial charge in [-0.3, -0.25) is 0 Å². The average molecular weight is 247 g/mol. The van der Waals surface area contributed by atoms with Gasteiger partial charge in [-0.15, -0.1) is 0 Å². The molecule has 3 nitrogen and oxygen atoms in total. The molecule has 0 unspecified atom stereocenters. The molecule has 1 aliphatic rings. The smallest absolute Gasteiger partial charge is 0.0411 e. The SMILES string of the molecule is CCN1CCC(N(C)c2ccccc2CN)CC1. The molecule has 100 valence electrons. The highest BCUT2D eigenvalue weighted by molar-refractivity contribution is 5.53. The van der Waals surface area contributed by atoms with E-state index in [4.69, 9.17) is 5.73 Å². The number of anilines is 1. The molecular formula is C15H25N3. The van der Waals surface area contributed by atoms with Crippen molar-refractivity contribution in [3.8, 4) is 0 Å². The van der Waals surface area contributed by atoms with Crippen LogP contribution in [0.2, 0.25) is 0 Å². The van der Waals surface area contributed by atoms with E-state index in [0.717, 1.165) is 0 Å². The van der Waals surface area contributed by atoms with Gasteiger partial charge in [0.2, 0.25) is 0 Å². The second-order valence-corrected chi connectivity index (χ2v) is 5.11. The molecule has 0 saturated carbocycles. The van der Waals surface area contributed by atoms with Crippen LogP contribution in [-0.4, -0.2) is 37.6 Å². The number of hydrogen-bond acceptors (Lipinski definition) is 3. The van der Waals surface area contributed by atoms with E-state index >= 15 is 0 Å². The van der Waals surface area contributed by atoms with Crippen molar-refractivity contribution in [3.05, 3.63) is 29.8 Å². The molecule has 1 heterocycles. The summed E-state index contributed by atoms with van der Waals surface area (Å²) in [6, 6.07) is 9.15. The summed E-state index contributed by atoms with van der Waals surface area (Å²) in [7, 11) is 2.21. The van der Waals surface area contributed by atoms with E-state index in [0.29, 0.717) is 12.6 Å². The minimum Gasteiger partial charge on any atom is -0.371 e. The van der Waals surface area contributed by atoms with Crippen molar-refractivity contribution in [1.82, 2.24) is 4.90 Å². The summed E-state index contributed by atoms with van der Waals surface area (Å²) in [4.78, 5) is 4.95. The monoisotopic (exact) mass is 247 g/mol. The highest BCUT2D eigenvalue weighted by Crippen LogP contribution is 2.25. The van der Waals surface area contributed by atoms with Gasteiger partial charge in [0, 0.05) is 38.4 Å². The summed E-state index contributed by atoms with van der Waals surface area (Å²) >= 11 is 0. The van der Waals surface area contributed by atoms with Crippen LogP contribution in [0.3, 0.4) is 0 Å². The lowest BCUT2D eigenvalue weighted by molar-refractivity contribution is 0.221. The molecule has 1 aromatic carbocycles. The Labute approximate surface area is 111 Å². The van der Waals surface area contributed by atoms with Gasteiger partial charge in [0.15, 0.2) is 0 Å². The van der Waals surface area contributed by atoms with Crippen LogP contribution < -0.4 is 10.6 Å². The number of rotatable bonds is 4. The third kappa shape index (κ3) is 2.85. The molecule has 2 rings (SSSR count). The van der Waals surface area contributed by atoms with Gasteiger partial charge in [0.05, 0.1) is 0 Å². The zero-order valence-electron chi connectivity index (χ0n) is 11.6. The Bertz CT molecular complexity index is 370. The van der Waals surface area contributed by atoms with E-state index in [-0.39, 0.29) is 0 Å². The summed E-state index contributed by atoms with van der Waals surface area (Å²) < 4.78 is 0. The molecule has 0 bridgehead atoms. The van der Waals surface area contributed by atoms with Crippen LogP contribution in [0.4, 0.5) is 5.69 Å². The third-order valence-corrected chi connectivity index (χ3v) is 4.14. The fraction of sp³-hybridized carbons (Fsp3) is 0.600. The fourth-order valence-corrected chi connectivity index (χ4v) is 2.85. The maximum atomic E-state index is 5.83. The van der Waals surface area contributed by atoms with E-state index in [1.165, 1.54) is 43.7 Å². The molecule has 18 heavy (non-hydrogen) atoms. The molecule has 1 saturated heterocycles. The minimum absolute atomic E-state index is 0.619. The number of benzene rings is 1. The highest BCUT2D eigenvalue weighted by atomic mass is 15.2. The third-order valence-electron chi connectivity index (χ3n) is 4.14. The number of nitrogens with zero attached hydrogens (tertiary/aromatic N) is 2. The normalized spacial score (nSPS) is 17.9. The molecule has 1 fully saturated rings. The minimum atomic E-state index is 0.619. The van der Waals surface area contributed by atoms with Crippen molar-refractivity contribution in [2.45, 2.75) is 32.4 Å². The summed E-state index contributed by atoms with van der Waals surface area (Å²) in [5.41, 5.74) is 8.38. The number of para-hydroxylation sites is 1. The largest absolute Gasteiger partial charge is 0.371 e. The van der Waals surface area contributed by atoms with Crippen LogP contribution >= 0.6 is 0 Å². The van der Waals surface area contributed by atoms with Gasteiger partial charge < -0.3 is 15.5 Å². The Kier molecular flexibility index (Phi) is 4.61. The number of likely N-dealkylation sites (tertiary alicyclic amines) is 1. The molecule has 0 spiro atoms.